The normalized spacial score (nSPS) is 10.7. The third kappa shape index (κ3) is 4.44. The molecule has 3 rings (SSSR count). The van der Waals surface area contributed by atoms with Crippen molar-refractivity contribution in [2.24, 2.45) is 0 Å². The lowest BCUT2D eigenvalue weighted by Crippen LogP contribution is -2.20. The Bertz CT molecular complexity index is 921. The number of benzene rings is 2. The van der Waals surface area contributed by atoms with Crippen molar-refractivity contribution >= 4 is 11.6 Å². The van der Waals surface area contributed by atoms with Crippen molar-refractivity contribution in [3.8, 4) is 23.0 Å². The Labute approximate surface area is 157 Å². The van der Waals surface area contributed by atoms with Gasteiger partial charge in [0.15, 0.2) is 12.4 Å². The van der Waals surface area contributed by atoms with E-state index in [0.29, 0.717) is 34.5 Å². The van der Waals surface area contributed by atoms with Gasteiger partial charge in [-0.05, 0) is 24.3 Å². The Morgan fingerprint density at radius 3 is 2.52 bits per heavy atom. The quantitative estimate of drug-likeness (QED) is 0.682. The topological polar surface area (TPSA) is 86.5 Å². The number of hydrogen-bond acceptors (Lipinski definition) is 6. The van der Waals surface area contributed by atoms with E-state index >= 15 is 0 Å². The highest BCUT2D eigenvalue weighted by molar-refractivity contribution is 5.93. The minimum Gasteiger partial charge on any atom is -0.495 e. The summed E-state index contributed by atoms with van der Waals surface area (Å²) in [5, 5.41) is 6.74. The van der Waals surface area contributed by atoms with Crippen LogP contribution >= 0.6 is 0 Å². The summed E-state index contributed by atoms with van der Waals surface area (Å²) in [7, 11) is 1.55. The van der Waals surface area contributed by atoms with Gasteiger partial charge in [0.1, 0.15) is 11.5 Å². The highest BCUT2D eigenvalue weighted by Gasteiger charge is 2.16. The van der Waals surface area contributed by atoms with E-state index < -0.39 is 0 Å². The van der Waals surface area contributed by atoms with Crippen molar-refractivity contribution in [3.63, 3.8) is 0 Å². The molecule has 0 saturated carbocycles. The predicted octanol–water partition coefficient (Wildman–Crippen LogP) is 3.89. The van der Waals surface area contributed by atoms with E-state index in [4.69, 9.17) is 14.0 Å². The van der Waals surface area contributed by atoms with Gasteiger partial charge in [-0.25, -0.2) is 0 Å². The summed E-state index contributed by atoms with van der Waals surface area (Å²) >= 11 is 0. The molecule has 2 aromatic carbocycles. The lowest BCUT2D eigenvalue weighted by molar-refractivity contribution is -0.118. The van der Waals surface area contributed by atoms with Crippen LogP contribution < -0.4 is 14.8 Å². The fraction of sp³-hybridized carbons (Fsp3) is 0.250. The number of nitrogens with one attached hydrogen (secondary N) is 1. The second kappa shape index (κ2) is 8.35. The van der Waals surface area contributed by atoms with Crippen LogP contribution in [0, 0.1) is 0 Å². The van der Waals surface area contributed by atoms with Gasteiger partial charge in [0.25, 0.3) is 11.8 Å². The molecule has 27 heavy (non-hydrogen) atoms. The van der Waals surface area contributed by atoms with E-state index in [0.717, 1.165) is 0 Å². The monoisotopic (exact) mass is 367 g/mol. The number of ether oxygens (including phenoxy) is 2. The third-order valence-corrected chi connectivity index (χ3v) is 3.82. The van der Waals surface area contributed by atoms with Crippen LogP contribution in [-0.4, -0.2) is 29.8 Å². The fourth-order valence-corrected chi connectivity index (χ4v) is 2.43. The number of amides is 1. The van der Waals surface area contributed by atoms with E-state index in [1.54, 1.807) is 25.3 Å². The van der Waals surface area contributed by atoms with Crippen LogP contribution in [0.25, 0.3) is 11.5 Å². The van der Waals surface area contributed by atoms with E-state index in [2.05, 4.69) is 15.5 Å². The standard InChI is InChI=1S/C20H21N3O4/c1-13(2)19-22-20(27-23-19)14-8-4-6-10-16(14)26-12-18(24)21-15-9-5-7-11-17(15)25-3/h4-11,13H,12H2,1-3H3,(H,21,24). The van der Waals surface area contributed by atoms with Crippen LogP contribution in [0.5, 0.6) is 11.5 Å². The molecule has 1 heterocycles. The average molecular weight is 367 g/mol. The molecule has 7 nitrogen and oxygen atoms in total. The second-order valence-electron chi connectivity index (χ2n) is 6.15. The zero-order chi connectivity index (χ0) is 19.2. The number of nitrogens with zero attached hydrogens (tertiary/aromatic N) is 2. The zero-order valence-electron chi connectivity index (χ0n) is 15.4. The number of carbonyl (C=O) groups is 1. The first-order chi connectivity index (χ1) is 13.1. The fourth-order valence-electron chi connectivity index (χ4n) is 2.43. The van der Waals surface area contributed by atoms with E-state index in [9.17, 15) is 4.79 Å². The molecule has 0 spiro atoms. The number of rotatable bonds is 7. The largest absolute Gasteiger partial charge is 0.495 e. The Kier molecular flexibility index (Phi) is 5.71. The maximum absolute atomic E-state index is 12.3. The van der Waals surface area contributed by atoms with E-state index in [1.807, 2.05) is 44.2 Å². The summed E-state index contributed by atoms with van der Waals surface area (Å²) < 4.78 is 16.2. The Morgan fingerprint density at radius 1 is 1.11 bits per heavy atom. The van der Waals surface area contributed by atoms with Gasteiger partial charge in [-0.1, -0.05) is 43.3 Å². The molecule has 0 aliphatic heterocycles. The SMILES string of the molecule is COc1ccccc1NC(=O)COc1ccccc1-c1nc(C(C)C)no1. The number of methoxy groups -OCH3 is 1. The van der Waals surface area contributed by atoms with Crippen LogP contribution in [0.2, 0.25) is 0 Å². The molecular formula is C20H21N3O4. The number of carbonyl (C=O) groups excluding carboxylic acids is 1. The summed E-state index contributed by atoms with van der Waals surface area (Å²) in [6.45, 7) is 3.80. The summed E-state index contributed by atoms with van der Waals surface area (Å²) in [6.07, 6.45) is 0. The van der Waals surface area contributed by atoms with Crippen molar-refractivity contribution in [2.45, 2.75) is 19.8 Å². The van der Waals surface area contributed by atoms with Crippen LogP contribution in [0.1, 0.15) is 25.6 Å². The molecule has 0 saturated heterocycles. The van der Waals surface area contributed by atoms with Crippen LogP contribution in [-0.2, 0) is 4.79 Å². The van der Waals surface area contributed by atoms with Gasteiger partial charge in [0.05, 0.1) is 18.4 Å². The molecule has 0 aliphatic carbocycles. The zero-order valence-corrected chi connectivity index (χ0v) is 15.4. The molecule has 1 N–H and O–H groups in total. The van der Waals surface area contributed by atoms with Gasteiger partial charge in [-0.15, -0.1) is 0 Å². The van der Waals surface area contributed by atoms with Crippen molar-refractivity contribution < 1.29 is 18.8 Å². The van der Waals surface area contributed by atoms with Gasteiger partial charge in [-0.2, -0.15) is 4.98 Å². The van der Waals surface area contributed by atoms with Gasteiger partial charge >= 0.3 is 0 Å². The van der Waals surface area contributed by atoms with Crippen molar-refractivity contribution in [1.82, 2.24) is 10.1 Å². The second-order valence-corrected chi connectivity index (χ2v) is 6.15. The molecule has 0 fully saturated rings. The summed E-state index contributed by atoms with van der Waals surface area (Å²) in [6, 6.07) is 14.4. The van der Waals surface area contributed by atoms with Crippen LogP contribution in [0.15, 0.2) is 53.1 Å². The van der Waals surface area contributed by atoms with Crippen LogP contribution in [0.3, 0.4) is 0 Å². The molecule has 1 aromatic heterocycles. The molecule has 3 aromatic rings. The first-order valence-corrected chi connectivity index (χ1v) is 8.57. The van der Waals surface area contributed by atoms with Crippen molar-refractivity contribution in [2.75, 3.05) is 19.0 Å². The lowest BCUT2D eigenvalue weighted by Gasteiger charge is -2.11. The maximum atomic E-state index is 12.3. The smallest absolute Gasteiger partial charge is 0.262 e. The van der Waals surface area contributed by atoms with Crippen molar-refractivity contribution in [3.05, 3.63) is 54.4 Å². The Balaban J connectivity index is 1.70. The van der Waals surface area contributed by atoms with E-state index in [-0.39, 0.29) is 18.4 Å². The highest BCUT2D eigenvalue weighted by Crippen LogP contribution is 2.29. The van der Waals surface area contributed by atoms with E-state index in [1.165, 1.54) is 0 Å². The molecule has 0 unspecified atom stereocenters. The molecule has 0 aliphatic rings. The molecule has 7 heteroatoms. The average Bonchev–Trinajstić information content (AvgIpc) is 3.17. The lowest BCUT2D eigenvalue weighted by atomic mass is 10.2. The molecule has 140 valence electrons. The minimum atomic E-state index is -0.303. The maximum Gasteiger partial charge on any atom is 0.262 e. The number of para-hydroxylation sites is 3. The molecule has 0 bridgehead atoms. The third-order valence-electron chi connectivity index (χ3n) is 3.82. The predicted molar refractivity (Wildman–Crippen MR) is 101 cm³/mol. The first-order valence-electron chi connectivity index (χ1n) is 8.57. The van der Waals surface area contributed by atoms with Crippen molar-refractivity contribution in [1.29, 1.82) is 0 Å². The number of hydrogen-bond donors (Lipinski definition) is 1. The summed E-state index contributed by atoms with van der Waals surface area (Å²) in [5.41, 5.74) is 1.22. The van der Waals surface area contributed by atoms with Gasteiger partial charge in [0, 0.05) is 5.92 Å². The van der Waals surface area contributed by atoms with Crippen LogP contribution in [0.4, 0.5) is 5.69 Å². The summed E-state index contributed by atoms with van der Waals surface area (Å²) in [4.78, 5) is 16.6. The highest BCUT2D eigenvalue weighted by atomic mass is 16.5. The molecule has 0 radical (unpaired) electrons. The Hall–Kier alpha value is -3.35. The van der Waals surface area contributed by atoms with Gasteiger partial charge in [0.2, 0.25) is 0 Å². The first kappa shape index (κ1) is 18.4. The van der Waals surface area contributed by atoms with Gasteiger partial charge < -0.3 is 19.3 Å². The summed E-state index contributed by atoms with van der Waals surface area (Å²) in [5.74, 6) is 1.91. The number of aromatic nitrogens is 2. The molecular weight excluding hydrogens is 346 g/mol. The molecule has 0 atom stereocenters. The Morgan fingerprint density at radius 2 is 1.81 bits per heavy atom. The molecule has 1 amide bonds. The number of anilines is 1. The van der Waals surface area contributed by atoms with Gasteiger partial charge in [-0.3, -0.25) is 4.79 Å². The minimum absolute atomic E-state index is 0.155.